The van der Waals surface area contributed by atoms with E-state index in [9.17, 15) is 0 Å². The van der Waals surface area contributed by atoms with Gasteiger partial charge in [0.25, 0.3) is 0 Å². The Morgan fingerprint density at radius 1 is 1.07 bits per heavy atom. The van der Waals surface area contributed by atoms with E-state index in [2.05, 4.69) is 37.8 Å². The molecular formula is C13H19N. The van der Waals surface area contributed by atoms with Crippen molar-refractivity contribution in [3.8, 4) is 0 Å². The fourth-order valence-corrected chi connectivity index (χ4v) is 2.24. The number of hydrogen-bond acceptors (Lipinski definition) is 1. The van der Waals surface area contributed by atoms with Gasteiger partial charge in [-0.15, -0.1) is 0 Å². The molecule has 2 rings (SSSR count). The molecule has 0 amide bonds. The van der Waals surface area contributed by atoms with Crippen molar-refractivity contribution in [2.45, 2.75) is 40.3 Å². The zero-order valence-electron chi connectivity index (χ0n) is 9.43. The molecule has 0 unspecified atom stereocenters. The average Bonchev–Trinajstić information content (AvgIpc) is 2.48. The third kappa shape index (κ3) is 1.69. The summed E-state index contributed by atoms with van der Waals surface area (Å²) in [5.74, 6) is 0. The van der Waals surface area contributed by atoms with Crippen LogP contribution in [0.5, 0.6) is 0 Å². The Balaban J connectivity index is 2.23. The molecule has 76 valence electrons. The lowest BCUT2D eigenvalue weighted by Crippen LogP contribution is -2.16. The molecule has 1 aliphatic rings. The lowest BCUT2D eigenvalue weighted by Gasteiger charge is -2.11. The van der Waals surface area contributed by atoms with Gasteiger partial charge in [0.1, 0.15) is 0 Å². The van der Waals surface area contributed by atoms with Crippen LogP contribution in [0.3, 0.4) is 0 Å². The molecule has 0 spiro atoms. The Morgan fingerprint density at radius 2 is 1.57 bits per heavy atom. The summed E-state index contributed by atoms with van der Waals surface area (Å²) < 4.78 is 0. The molecule has 0 saturated heterocycles. The van der Waals surface area contributed by atoms with Crippen molar-refractivity contribution in [1.29, 1.82) is 0 Å². The van der Waals surface area contributed by atoms with E-state index in [1.54, 1.807) is 11.1 Å². The zero-order chi connectivity index (χ0) is 10.1. The maximum absolute atomic E-state index is 2.53. The molecule has 0 saturated carbocycles. The summed E-state index contributed by atoms with van der Waals surface area (Å²) in [5.41, 5.74) is 5.95. The van der Waals surface area contributed by atoms with Gasteiger partial charge in [0.05, 0.1) is 0 Å². The van der Waals surface area contributed by atoms with E-state index >= 15 is 0 Å². The smallest absolute Gasteiger partial charge is 0.0240 e. The highest BCUT2D eigenvalue weighted by Crippen LogP contribution is 2.25. The molecule has 1 aliphatic heterocycles. The van der Waals surface area contributed by atoms with Crippen molar-refractivity contribution in [1.82, 2.24) is 4.90 Å². The topological polar surface area (TPSA) is 3.24 Å². The Bertz CT molecular complexity index is 310. The molecular weight excluding hydrogens is 170 g/mol. The molecule has 0 fully saturated rings. The highest BCUT2D eigenvalue weighted by molar-refractivity contribution is 5.39. The van der Waals surface area contributed by atoms with Crippen molar-refractivity contribution in [3.05, 3.63) is 34.4 Å². The Kier molecular flexibility index (Phi) is 2.60. The van der Waals surface area contributed by atoms with E-state index in [1.165, 1.54) is 24.1 Å². The SMILES string of the molecule is CCCN1Cc2cc(C)c(C)cc2C1. The molecule has 0 bridgehead atoms. The molecule has 0 atom stereocenters. The molecule has 1 nitrogen and oxygen atoms in total. The van der Waals surface area contributed by atoms with Gasteiger partial charge in [-0.1, -0.05) is 19.1 Å². The number of fused-ring (bicyclic) bond motifs is 1. The number of aryl methyl sites for hydroxylation is 2. The second-order valence-electron chi connectivity index (χ2n) is 4.42. The largest absolute Gasteiger partial charge is 0.295 e. The van der Waals surface area contributed by atoms with E-state index < -0.39 is 0 Å². The number of rotatable bonds is 2. The van der Waals surface area contributed by atoms with Crippen LogP contribution in [0.4, 0.5) is 0 Å². The third-order valence-electron chi connectivity index (χ3n) is 3.14. The van der Waals surface area contributed by atoms with Crippen LogP contribution in [0.2, 0.25) is 0 Å². The number of nitrogens with zero attached hydrogens (tertiary/aromatic N) is 1. The van der Waals surface area contributed by atoms with Crippen LogP contribution in [0.1, 0.15) is 35.6 Å². The first kappa shape index (κ1) is 9.72. The molecule has 1 aromatic rings. The molecule has 1 heteroatoms. The minimum atomic E-state index is 1.16. The lowest BCUT2D eigenvalue weighted by molar-refractivity contribution is 0.285. The van der Waals surface area contributed by atoms with E-state index in [-0.39, 0.29) is 0 Å². The Labute approximate surface area is 86.7 Å². The van der Waals surface area contributed by atoms with Crippen molar-refractivity contribution in [3.63, 3.8) is 0 Å². The predicted molar refractivity (Wildman–Crippen MR) is 60.3 cm³/mol. The molecule has 0 N–H and O–H groups in total. The first-order valence-electron chi connectivity index (χ1n) is 5.52. The maximum atomic E-state index is 2.53. The van der Waals surface area contributed by atoms with Crippen molar-refractivity contribution < 1.29 is 0 Å². The highest BCUT2D eigenvalue weighted by Gasteiger charge is 2.18. The van der Waals surface area contributed by atoms with Gasteiger partial charge in [-0.3, -0.25) is 4.90 Å². The molecule has 0 radical (unpaired) electrons. The van der Waals surface area contributed by atoms with Crippen molar-refractivity contribution >= 4 is 0 Å². The monoisotopic (exact) mass is 189 g/mol. The second-order valence-corrected chi connectivity index (χ2v) is 4.42. The van der Waals surface area contributed by atoms with Crippen LogP contribution in [-0.2, 0) is 13.1 Å². The summed E-state index contributed by atoms with van der Waals surface area (Å²) in [6.45, 7) is 10.2. The first-order valence-corrected chi connectivity index (χ1v) is 5.52. The van der Waals surface area contributed by atoms with Crippen molar-refractivity contribution in [2.75, 3.05) is 6.54 Å². The van der Waals surface area contributed by atoms with E-state index in [4.69, 9.17) is 0 Å². The van der Waals surface area contributed by atoms with Crippen LogP contribution in [0.25, 0.3) is 0 Å². The van der Waals surface area contributed by atoms with Gasteiger partial charge in [-0.2, -0.15) is 0 Å². The molecule has 1 aromatic carbocycles. The van der Waals surface area contributed by atoms with Crippen LogP contribution in [0, 0.1) is 13.8 Å². The summed E-state index contributed by atoms with van der Waals surface area (Å²) in [5, 5.41) is 0. The predicted octanol–water partition coefficient (Wildman–Crippen LogP) is 3.03. The van der Waals surface area contributed by atoms with Gasteiger partial charge in [0.15, 0.2) is 0 Å². The quantitative estimate of drug-likeness (QED) is 0.691. The molecule has 0 aromatic heterocycles. The van der Waals surface area contributed by atoms with E-state index in [0.717, 1.165) is 13.1 Å². The summed E-state index contributed by atoms with van der Waals surface area (Å²) >= 11 is 0. The number of hydrogen-bond donors (Lipinski definition) is 0. The second kappa shape index (κ2) is 3.74. The van der Waals surface area contributed by atoms with Crippen LogP contribution >= 0.6 is 0 Å². The van der Waals surface area contributed by atoms with Crippen LogP contribution in [-0.4, -0.2) is 11.4 Å². The first-order chi connectivity index (χ1) is 6.70. The van der Waals surface area contributed by atoms with Gasteiger partial charge in [-0.25, -0.2) is 0 Å². The molecule has 1 heterocycles. The fraction of sp³-hybridized carbons (Fsp3) is 0.538. The summed E-state index contributed by atoms with van der Waals surface area (Å²) in [4.78, 5) is 2.53. The normalized spacial score (nSPS) is 15.9. The van der Waals surface area contributed by atoms with Gasteiger partial charge in [0, 0.05) is 13.1 Å². The summed E-state index contributed by atoms with van der Waals surface area (Å²) in [6.07, 6.45) is 1.26. The highest BCUT2D eigenvalue weighted by atomic mass is 15.1. The standard InChI is InChI=1S/C13H19N/c1-4-5-14-8-12-6-10(2)11(3)7-13(12)9-14/h6-7H,4-5,8-9H2,1-3H3. The fourth-order valence-electron chi connectivity index (χ4n) is 2.24. The minimum Gasteiger partial charge on any atom is -0.295 e. The summed E-state index contributed by atoms with van der Waals surface area (Å²) in [6, 6.07) is 4.72. The maximum Gasteiger partial charge on any atom is 0.0240 e. The number of benzene rings is 1. The van der Waals surface area contributed by atoms with E-state index in [0.29, 0.717) is 0 Å². The van der Waals surface area contributed by atoms with Gasteiger partial charge in [0.2, 0.25) is 0 Å². The Morgan fingerprint density at radius 3 is 2.00 bits per heavy atom. The summed E-state index contributed by atoms with van der Waals surface area (Å²) in [7, 11) is 0. The average molecular weight is 189 g/mol. The van der Waals surface area contributed by atoms with Crippen LogP contribution in [0.15, 0.2) is 12.1 Å². The van der Waals surface area contributed by atoms with Crippen LogP contribution < -0.4 is 0 Å². The third-order valence-corrected chi connectivity index (χ3v) is 3.14. The molecule has 14 heavy (non-hydrogen) atoms. The van der Waals surface area contributed by atoms with Gasteiger partial charge in [-0.05, 0) is 49.1 Å². The van der Waals surface area contributed by atoms with Gasteiger partial charge >= 0.3 is 0 Å². The van der Waals surface area contributed by atoms with Crippen molar-refractivity contribution in [2.24, 2.45) is 0 Å². The van der Waals surface area contributed by atoms with E-state index in [1.807, 2.05) is 0 Å². The Hall–Kier alpha value is -0.820. The van der Waals surface area contributed by atoms with Gasteiger partial charge < -0.3 is 0 Å². The lowest BCUT2D eigenvalue weighted by atomic mass is 10.0. The zero-order valence-corrected chi connectivity index (χ0v) is 9.43. The molecule has 0 aliphatic carbocycles. The minimum absolute atomic E-state index is 1.16.